The van der Waals surface area contributed by atoms with Crippen molar-refractivity contribution in [3.8, 4) is 22.9 Å². The molecule has 7 heteroatoms. The Kier molecular flexibility index (Phi) is 4.63. The highest BCUT2D eigenvalue weighted by atomic mass is 16.5. The summed E-state index contributed by atoms with van der Waals surface area (Å²) in [5, 5.41) is 8.84. The number of benzene rings is 2. The van der Waals surface area contributed by atoms with E-state index in [4.69, 9.17) is 9.47 Å². The van der Waals surface area contributed by atoms with E-state index in [9.17, 15) is 4.79 Å². The molecule has 0 N–H and O–H groups in total. The van der Waals surface area contributed by atoms with Crippen molar-refractivity contribution >= 4 is 5.78 Å². The Bertz CT molecular complexity index is 1010. The maximum absolute atomic E-state index is 13.2. The molecule has 0 saturated heterocycles. The van der Waals surface area contributed by atoms with Crippen LogP contribution < -0.4 is 9.47 Å². The molecule has 0 atom stereocenters. The van der Waals surface area contributed by atoms with Crippen molar-refractivity contribution in [1.29, 1.82) is 0 Å². The van der Waals surface area contributed by atoms with Crippen molar-refractivity contribution in [1.82, 2.24) is 19.6 Å². The first-order valence-corrected chi connectivity index (χ1v) is 8.64. The van der Waals surface area contributed by atoms with Gasteiger partial charge in [-0.25, -0.2) is 9.36 Å². The van der Waals surface area contributed by atoms with Crippen LogP contribution in [0.25, 0.3) is 11.4 Å². The number of ether oxygens (including phenoxy) is 2. The van der Waals surface area contributed by atoms with E-state index in [1.54, 1.807) is 21.8 Å². The van der Waals surface area contributed by atoms with Crippen molar-refractivity contribution in [3.63, 3.8) is 0 Å². The molecule has 140 valence electrons. The van der Waals surface area contributed by atoms with Crippen LogP contribution >= 0.6 is 0 Å². The zero-order valence-electron chi connectivity index (χ0n) is 15.4. The van der Waals surface area contributed by atoms with E-state index in [1.807, 2.05) is 60.7 Å². The average molecular weight is 374 g/mol. The molecule has 0 unspecified atom stereocenters. The summed E-state index contributed by atoms with van der Waals surface area (Å²) in [6, 6.07) is 19.0. The fourth-order valence-electron chi connectivity index (χ4n) is 2.87. The monoisotopic (exact) mass is 374 g/mol. The van der Waals surface area contributed by atoms with Gasteiger partial charge in [0, 0.05) is 0 Å². The summed E-state index contributed by atoms with van der Waals surface area (Å²) < 4.78 is 14.0. The number of carbonyl (C=O) groups is 1. The Morgan fingerprint density at radius 1 is 0.714 bits per heavy atom. The van der Waals surface area contributed by atoms with Crippen LogP contribution in [-0.4, -0.2) is 39.6 Å². The van der Waals surface area contributed by atoms with E-state index in [0.29, 0.717) is 11.5 Å². The second-order valence-corrected chi connectivity index (χ2v) is 5.98. The summed E-state index contributed by atoms with van der Waals surface area (Å²) in [7, 11) is 3.01. The molecule has 7 nitrogen and oxygen atoms in total. The fraction of sp³-hybridized carbons (Fsp3) is 0.0952. The molecule has 2 heterocycles. The number of para-hydroxylation sites is 2. The first-order chi connectivity index (χ1) is 13.7. The van der Waals surface area contributed by atoms with E-state index in [2.05, 4.69) is 10.2 Å². The van der Waals surface area contributed by atoms with Crippen molar-refractivity contribution in [2.45, 2.75) is 0 Å². The lowest BCUT2D eigenvalue weighted by Crippen LogP contribution is -2.08. The molecule has 4 rings (SSSR count). The Hall–Kier alpha value is -3.87. The van der Waals surface area contributed by atoms with Crippen LogP contribution in [0.4, 0.5) is 0 Å². The van der Waals surface area contributed by atoms with Gasteiger partial charge in [-0.1, -0.05) is 36.4 Å². The second kappa shape index (κ2) is 7.40. The molecule has 0 aliphatic rings. The maximum atomic E-state index is 13.2. The third kappa shape index (κ3) is 3.14. The Labute approximate surface area is 161 Å². The van der Waals surface area contributed by atoms with Crippen LogP contribution in [0.1, 0.15) is 16.2 Å². The number of nitrogens with zero attached hydrogens (tertiary/aromatic N) is 4. The first kappa shape index (κ1) is 17.5. The molecule has 2 aromatic carbocycles. The highest BCUT2D eigenvalue weighted by Crippen LogP contribution is 2.27. The number of ketones is 1. The Morgan fingerprint density at radius 2 is 1.11 bits per heavy atom. The van der Waals surface area contributed by atoms with E-state index in [0.717, 1.165) is 11.4 Å². The average Bonchev–Trinajstić information content (AvgIpc) is 3.39. The predicted molar refractivity (Wildman–Crippen MR) is 104 cm³/mol. The van der Waals surface area contributed by atoms with Crippen LogP contribution in [0, 0.1) is 0 Å². The van der Waals surface area contributed by atoms with E-state index < -0.39 is 0 Å². The molecular weight excluding hydrogens is 356 g/mol. The third-order valence-electron chi connectivity index (χ3n) is 4.27. The minimum absolute atomic E-state index is 0.169. The lowest BCUT2D eigenvalue weighted by Gasteiger charge is -2.00. The van der Waals surface area contributed by atoms with E-state index >= 15 is 0 Å². The smallest absolute Gasteiger partial charge is 0.241 e. The van der Waals surface area contributed by atoms with Crippen LogP contribution in [0.3, 0.4) is 0 Å². The van der Waals surface area contributed by atoms with E-state index in [-0.39, 0.29) is 17.2 Å². The molecule has 0 amide bonds. The minimum Gasteiger partial charge on any atom is -0.493 e. The molecule has 28 heavy (non-hydrogen) atoms. The largest absolute Gasteiger partial charge is 0.493 e. The molecule has 0 aliphatic carbocycles. The highest BCUT2D eigenvalue weighted by Gasteiger charge is 2.26. The zero-order chi connectivity index (χ0) is 19.5. The van der Waals surface area contributed by atoms with Gasteiger partial charge in [-0.2, -0.15) is 10.2 Å². The number of carbonyl (C=O) groups excluding carboxylic acids is 1. The molecule has 2 aromatic heterocycles. The van der Waals surface area contributed by atoms with Gasteiger partial charge in [0.2, 0.25) is 5.78 Å². The number of rotatable bonds is 6. The molecular formula is C21H18N4O3. The lowest BCUT2D eigenvalue weighted by atomic mass is 10.2. The molecule has 0 aliphatic heterocycles. The molecule has 0 spiro atoms. The fourth-order valence-corrected chi connectivity index (χ4v) is 2.87. The normalized spacial score (nSPS) is 10.6. The van der Waals surface area contributed by atoms with Crippen LogP contribution in [0.5, 0.6) is 11.5 Å². The quantitative estimate of drug-likeness (QED) is 0.484. The predicted octanol–water partition coefficient (Wildman–Crippen LogP) is 3.31. The minimum atomic E-state index is -0.377. The number of aromatic nitrogens is 4. The van der Waals surface area contributed by atoms with Gasteiger partial charge in [0.15, 0.2) is 22.9 Å². The molecule has 0 bridgehead atoms. The van der Waals surface area contributed by atoms with Gasteiger partial charge in [-0.15, -0.1) is 0 Å². The Morgan fingerprint density at radius 3 is 1.46 bits per heavy atom. The van der Waals surface area contributed by atoms with Gasteiger partial charge in [0.1, 0.15) is 0 Å². The summed E-state index contributed by atoms with van der Waals surface area (Å²) >= 11 is 0. The van der Waals surface area contributed by atoms with E-state index in [1.165, 1.54) is 14.2 Å². The van der Waals surface area contributed by atoms with Gasteiger partial charge in [-0.05, 0) is 24.3 Å². The van der Waals surface area contributed by atoms with Crippen molar-refractivity contribution in [2.75, 3.05) is 14.2 Å². The molecule has 4 aromatic rings. The number of hydrogen-bond donors (Lipinski definition) is 0. The summed E-state index contributed by atoms with van der Waals surface area (Å²) in [6.07, 6.45) is 3.34. The second-order valence-electron chi connectivity index (χ2n) is 5.98. The number of hydrogen-bond acceptors (Lipinski definition) is 5. The van der Waals surface area contributed by atoms with Gasteiger partial charge >= 0.3 is 0 Å². The van der Waals surface area contributed by atoms with Gasteiger partial charge in [0.25, 0.3) is 0 Å². The van der Waals surface area contributed by atoms with Crippen molar-refractivity contribution in [3.05, 3.63) is 84.4 Å². The topological polar surface area (TPSA) is 71.2 Å². The Balaban J connectivity index is 1.76. The molecule has 0 fully saturated rings. The van der Waals surface area contributed by atoms with Gasteiger partial charge in [0.05, 0.1) is 38.0 Å². The number of methoxy groups -OCH3 is 2. The van der Waals surface area contributed by atoms with Crippen LogP contribution in [-0.2, 0) is 0 Å². The zero-order valence-corrected chi connectivity index (χ0v) is 15.4. The summed E-state index contributed by atoms with van der Waals surface area (Å²) in [4.78, 5) is 13.2. The van der Waals surface area contributed by atoms with Crippen LogP contribution in [0.15, 0.2) is 73.1 Å². The van der Waals surface area contributed by atoms with Crippen LogP contribution in [0.2, 0.25) is 0 Å². The first-order valence-electron chi connectivity index (χ1n) is 8.64. The van der Waals surface area contributed by atoms with Gasteiger partial charge in [-0.3, -0.25) is 4.79 Å². The summed E-state index contributed by atoms with van der Waals surface area (Å²) in [6.45, 7) is 0. The summed E-state index contributed by atoms with van der Waals surface area (Å²) in [5.74, 6) is 0.355. The molecule has 0 saturated carbocycles. The standard InChI is InChI=1S/C21H18N4O3/c1-27-17-13-24(15-9-5-3-6-10-15)22-19(17)21(26)20-18(28-2)14-25(23-20)16-11-7-4-8-12-16/h3-14H,1-2H3. The van der Waals surface area contributed by atoms with Gasteiger partial charge < -0.3 is 9.47 Å². The molecule has 0 radical (unpaired) electrons. The SMILES string of the molecule is COc1cn(-c2ccccc2)nc1C(=O)c1nn(-c2ccccc2)cc1OC. The third-order valence-corrected chi connectivity index (χ3v) is 4.27. The highest BCUT2D eigenvalue weighted by molar-refractivity contribution is 6.09. The summed E-state index contributed by atoms with van der Waals surface area (Å²) in [5.41, 5.74) is 1.98. The van der Waals surface area contributed by atoms with Crippen molar-refractivity contribution in [2.24, 2.45) is 0 Å². The maximum Gasteiger partial charge on any atom is 0.241 e. The van der Waals surface area contributed by atoms with Crippen molar-refractivity contribution < 1.29 is 14.3 Å². The lowest BCUT2D eigenvalue weighted by molar-refractivity contribution is 0.102.